The molecule has 1 saturated heterocycles. The molecule has 27 heavy (non-hydrogen) atoms. The van der Waals surface area contributed by atoms with E-state index >= 15 is 0 Å². The number of aliphatic hydroxyl groups excluding tert-OH is 2. The number of hydrogen-bond donors (Lipinski definition) is 2. The first-order valence-electron chi connectivity index (χ1n) is 10.8. The van der Waals surface area contributed by atoms with Gasteiger partial charge in [-0.2, -0.15) is 0 Å². The third-order valence-electron chi connectivity index (χ3n) is 10.7. The number of hydroxylamine groups is 3. The van der Waals surface area contributed by atoms with Gasteiger partial charge >= 0.3 is 0 Å². The van der Waals surface area contributed by atoms with E-state index < -0.39 is 23.0 Å². The van der Waals surface area contributed by atoms with Crippen molar-refractivity contribution in [3.05, 3.63) is 17.4 Å². The summed E-state index contributed by atoms with van der Waals surface area (Å²) in [5, 5.41) is 37.0. The molecule has 1 heterocycles. The van der Waals surface area contributed by atoms with E-state index in [1.807, 2.05) is 6.92 Å². The fourth-order valence-corrected chi connectivity index (χ4v) is 10.1. The molecular weight excluding hydrogens is 342 g/mol. The minimum atomic E-state index is -0.699. The Kier molecular flexibility index (Phi) is 2.88. The van der Waals surface area contributed by atoms with Gasteiger partial charge in [0.15, 0.2) is 0 Å². The van der Waals surface area contributed by atoms with Gasteiger partial charge in [-0.1, -0.05) is 13.5 Å². The highest BCUT2D eigenvalue weighted by atomic mass is 16.5. The van der Waals surface area contributed by atoms with Crippen molar-refractivity contribution in [2.45, 2.75) is 64.2 Å². The number of aliphatic hydroxyl groups is 2. The van der Waals surface area contributed by atoms with Crippen LogP contribution in [0.5, 0.6) is 0 Å². The lowest BCUT2D eigenvalue weighted by Gasteiger charge is -2.68. The van der Waals surface area contributed by atoms with Gasteiger partial charge in [0.1, 0.15) is 11.8 Å². The van der Waals surface area contributed by atoms with Crippen molar-refractivity contribution in [2.24, 2.45) is 39.9 Å². The van der Waals surface area contributed by atoms with E-state index in [0.717, 1.165) is 19.3 Å². The number of carbonyl (C=O) groups excluding carboxylic acids is 1. The van der Waals surface area contributed by atoms with Crippen LogP contribution in [0.2, 0.25) is 0 Å². The zero-order chi connectivity index (χ0) is 19.1. The zero-order valence-corrected chi connectivity index (χ0v) is 16.4. The molecule has 2 spiro atoms. The Morgan fingerprint density at radius 3 is 2.78 bits per heavy atom. The van der Waals surface area contributed by atoms with Crippen molar-refractivity contribution in [3.63, 3.8) is 0 Å². The zero-order valence-electron chi connectivity index (χ0n) is 16.4. The first kappa shape index (κ1) is 17.1. The van der Waals surface area contributed by atoms with Crippen LogP contribution in [0, 0.1) is 45.1 Å². The predicted octanol–water partition coefficient (Wildman–Crippen LogP) is 2.01. The highest BCUT2D eigenvalue weighted by molar-refractivity contribution is 5.87. The Balaban J connectivity index is 1.64. The topological polar surface area (TPSA) is 80.6 Å². The largest absolute Gasteiger partial charge is 0.633 e. The van der Waals surface area contributed by atoms with E-state index in [0.29, 0.717) is 37.4 Å². The lowest BCUT2D eigenvalue weighted by Crippen LogP contribution is -2.73. The maximum Gasteiger partial charge on any atom is 0.140 e. The van der Waals surface area contributed by atoms with Crippen molar-refractivity contribution in [1.82, 2.24) is 0 Å². The van der Waals surface area contributed by atoms with Crippen LogP contribution in [-0.2, 0) is 4.79 Å². The van der Waals surface area contributed by atoms with Crippen LogP contribution in [0.4, 0.5) is 0 Å². The summed E-state index contributed by atoms with van der Waals surface area (Å²) in [7, 11) is 0. The molecular formula is C22H31NO4. The SMILES string of the molecule is C=C1C2CC3(C4C[C@H]5C6(C(O)CC[C@@]5(C)C[N@+]([O-])(CC)[C@H]46)[C@@H]3CC2=O)[C@@H]1O. The smallest absolute Gasteiger partial charge is 0.140 e. The molecule has 5 heteroatoms. The average molecular weight is 373 g/mol. The van der Waals surface area contributed by atoms with Crippen LogP contribution in [0.1, 0.15) is 46.0 Å². The summed E-state index contributed by atoms with van der Waals surface area (Å²) in [6, 6.07) is -0.173. The maximum atomic E-state index is 14.2. The van der Waals surface area contributed by atoms with Gasteiger partial charge in [0.25, 0.3) is 0 Å². The average Bonchev–Trinajstić information content (AvgIpc) is 3.17. The highest BCUT2D eigenvalue weighted by Gasteiger charge is 2.88. The molecule has 7 bridgehead atoms. The van der Waals surface area contributed by atoms with Crippen LogP contribution in [0.3, 0.4) is 0 Å². The van der Waals surface area contributed by atoms with Crippen LogP contribution < -0.4 is 0 Å². The van der Waals surface area contributed by atoms with E-state index in [1.54, 1.807) is 0 Å². The molecule has 11 atom stereocenters. The van der Waals surface area contributed by atoms with Gasteiger partial charge in [0, 0.05) is 29.1 Å². The first-order valence-corrected chi connectivity index (χ1v) is 10.8. The van der Waals surface area contributed by atoms with Gasteiger partial charge in [0.05, 0.1) is 30.7 Å². The summed E-state index contributed by atoms with van der Waals surface area (Å²) in [6.45, 7) is 9.47. The van der Waals surface area contributed by atoms with Crippen LogP contribution in [-0.4, -0.2) is 52.0 Å². The number of ketones is 1. The van der Waals surface area contributed by atoms with Gasteiger partial charge in [0.2, 0.25) is 0 Å². The number of piperidine rings is 1. The van der Waals surface area contributed by atoms with Crippen LogP contribution >= 0.6 is 0 Å². The minimum absolute atomic E-state index is 0.0651. The molecule has 6 aliphatic rings. The predicted molar refractivity (Wildman–Crippen MR) is 99.0 cm³/mol. The molecule has 5 nitrogen and oxygen atoms in total. The van der Waals surface area contributed by atoms with Gasteiger partial charge in [-0.3, -0.25) is 4.79 Å². The molecule has 0 radical (unpaired) electrons. The molecule has 0 aromatic carbocycles. The standard InChI is InChI=1S/C22H31NO4/c1-4-23(27)10-20(3)6-5-17(25)22-15(20)7-13(18(22)23)21-9-12(11(2)19(21)26)14(24)8-16(21)22/h12-13,15-19,25-26H,2,4-10H2,1,3H3/t12?,13?,15-,16-,17?,18-,19-,20+,21?,22?,23-/m1/s1. The third-order valence-corrected chi connectivity index (χ3v) is 10.7. The summed E-state index contributed by atoms with van der Waals surface area (Å²) in [5.74, 6) is 0.275. The van der Waals surface area contributed by atoms with Crippen molar-refractivity contribution < 1.29 is 19.7 Å². The lowest BCUT2D eigenvalue weighted by molar-refractivity contribution is -0.927. The summed E-state index contributed by atoms with van der Waals surface area (Å²) >= 11 is 0. The van der Waals surface area contributed by atoms with Gasteiger partial charge in [-0.15, -0.1) is 0 Å². The van der Waals surface area contributed by atoms with Gasteiger partial charge in [-0.25, -0.2) is 0 Å². The first-order chi connectivity index (χ1) is 12.7. The second-order valence-electron chi connectivity index (χ2n) is 11.0. The van der Waals surface area contributed by atoms with E-state index in [9.17, 15) is 20.2 Å². The number of Topliss-reactive ketones (excluding diaryl/α,β-unsaturated/α-hetero) is 1. The molecule has 0 aromatic heterocycles. The van der Waals surface area contributed by atoms with Crippen LogP contribution in [0.25, 0.3) is 0 Å². The lowest BCUT2D eigenvalue weighted by atomic mass is 9.43. The fraction of sp³-hybridized carbons (Fsp3) is 0.864. The fourth-order valence-electron chi connectivity index (χ4n) is 10.1. The Bertz CT molecular complexity index is 782. The second-order valence-corrected chi connectivity index (χ2v) is 11.0. The van der Waals surface area contributed by atoms with Crippen molar-refractivity contribution in [1.29, 1.82) is 0 Å². The number of fused-ring (bicyclic) bond motifs is 1. The molecule has 2 N–H and O–H groups in total. The molecule has 5 saturated carbocycles. The molecule has 5 aliphatic carbocycles. The Morgan fingerprint density at radius 1 is 1.33 bits per heavy atom. The molecule has 1 aliphatic heterocycles. The monoisotopic (exact) mass is 373 g/mol. The maximum absolute atomic E-state index is 14.2. The van der Waals surface area contributed by atoms with Crippen molar-refractivity contribution in [3.8, 4) is 0 Å². The molecule has 0 aromatic rings. The molecule has 6 rings (SSSR count). The van der Waals surface area contributed by atoms with Gasteiger partial charge in [-0.05, 0) is 50.0 Å². The Hall–Kier alpha value is -0.750. The van der Waals surface area contributed by atoms with Crippen molar-refractivity contribution in [2.75, 3.05) is 13.1 Å². The summed E-state index contributed by atoms with van der Waals surface area (Å²) in [6.07, 6.45) is 2.40. The summed E-state index contributed by atoms with van der Waals surface area (Å²) < 4.78 is -0.245. The number of likely N-dealkylation sites (tertiary alicyclic amines) is 1. The molecule has 5 unspecified atom stereocenters. The third kappa shape index (κ3) is 1.44. The molecule has 148 valence electrons. The quantitative estimate of drug-likeness (QED) is 0.419. The second kappa shape index (κ2) is 4.53. The number of nitrogens with zero attached hydrogens (tertiary/aromatic N) is 1. The van der Waals surface area contributed by atoms with E-state index in [1.165, 1.54) is 0 Å². The molecule has 0 amide bonds. The number of quaternary nitrogens is 1. The van der Waals surface area contributed by atoms with E-state index in [4.69, 9.17) is 0 Å². The Morgan fingerprint density at radius 2 is 2.07 bits per heavy atom. The van der Waals surface area contributed by atoms with Crippen molar-refractivity contribution >= 4 is 5.78 Å². The Labute approximate surface area is 160 Å². The normalized spacial score (nSPS) is 65.6. The van der Waals surface area contributed by atoms with E-state index in [2.05, 4.69) is 13.5 Å². The minimum Gasteiger partial charge on any atom is -0.633 e. The summed E-state index contributed by atoms with van der Waals surface area (Å²) in [4.78, 5) is 13.0. The van der Waals surface area contributed by atoms with Crippen LogP contribution in [0.15, 0.2) is 12.2 Å². The number of carbonyl (C=O) groups is 1. The number of rotatable bonds is 1. The number of hydrogen-bond acceptors (Lipinski definition) is 4. The van der Waals surface area contributed by atoms with Gasteiger partial charge < -0.3 is 20.1 Å². The highest BCUT2D eigenvalue weighted by Crippen LogP contribution is 2.84. The summed E-state index contributed by atoms with van der Waals surface area (Å²) in [5.41, 5.74) is -0.303. The molecule has 6 fully saturated rings. The van der Waals surface area contributed by atoms with E-state index in [-0.39, 0.29) is 39.6 Å².